The van der Waals surface area contributed by atoms with Crippen molar-refractivity contribution in [2.75, 3.05) is 0 Å². The molecule has 0 saturated carbocycles. The lowest BCUT2D eigenvalue weighted by molar-refractivity contribution is 0.928. The summed E-state index contributed by atoms with van der Waals surface area (Å²) in [6.07, 6.45) is 0. The predicted molar refractivity (Wildman–Crippen MR) is 309 cm³/mol. The van der Waals surface area contributed by atoms with E-state index in [0.29, 0.717) is 63.7 Å². The quantitative estimate of drug-likeness (QED) is 0.130. The van der Waals surface area contributed by atoms with Gasteiger partial charge in [0, 0.05) is 60.5 Å². The number of rotatable bonds is 9. The molecule has 14 rings (SSSR count). The molecule has 12 heteroatoms. The molecule has 0 fully saturated rings. The van der Waals surface area contributed by atoms with Crippen LogP contribution < -0.4 is 0 Å². The molecule has 0 amide bonds. The van der Waals surface area contributed by atoms with Crippen molar-refractivity contribution in [3.05, 3.63) is 241 Å². The Balaban J connectivity index is 1.06. The lowest BCUT2D eigenvalue weighted by Crippen LogP contribution is -2.06. The van der Waals surface area contributed by atoms with Crippen molar-refractivity contribution in [3.8, 4) is 91.1 Å². The van der Waals surface area contributed by atoms with Gasteiger partial charge in [0.2, 0.25) is 0 Å². The first-order valence-corrected chi connectivity index (χ1v) is 25.5. The lowest BCUT2D eigenvalue weighted by atomic mass is 10.1. The van der Waals surface area contributed by atoms with Crippen LogP contribution in [0.2, 0.25) is 0 Å². The summed E-state index contributed by atoms with van der Waals surface area (Å²) in [5.41, 5.74) is 11.3. The second-order valence-electron chi connectivity index (χ2n) is 19.0. The second kappa shape index (κ2) is 18.8. The highest BCUT2D eigenvalue weighted by molar-refractivity contribution is 6.13. The molecule has 0 spiro atoms. The Morgan fingerprint density at radius 1 is 0.295 bits per heavy atom. The molecular weight excluding hydrogens is 961 g/mol. The molecule has 12 nitrogen and oxygen atoms in total. The summed E-state index contributed by atoms with van der Waals surface area (Å²) in [6.45, 7) is 12.5. The Labute approximate surface area is 447 Å². The van der Waals surface area contributed by atoms with Gasteiger partial charge in [-0.2, -0.15) is 0 Å². The van der Waals surface area contributed by atoms with E-state index in [-0.39, 0.29) is 0 Å². The van der Waals surface area contributed by atoms with Gasteiger partial charge in [-0.3, -0.25) is 0 Å². The molecule has 0 bridgehead atoms. The van der Waals surface area contributed by atoms with Crippen molar-refractivity contribution in [2.45, 2.75) is 13.8 Å². The normalized spacial score (nSPS) is 11.4. The van der Waals surface area contributed by atoms with E-state index >= 15 is 0 Å². The number of para-hydroxylation sites is 2. The molecule has 0 aliphatic rings. The topological polar surface area (TPSA) is 130 Å². The number of hydrogen-bond donors (Lipinski definition) is 0. The zero-order valence-electron chi connectivity index (χ0n) is 42.2. The van der Waals surface area contributed by atoms with Crippen LogP contribution in [0.15, 0.2) is 218 Å². The number of aromatic nitrogens is 11. The average molecular weight is 1000 g/mol. The molecule has 9 aromatic carbocycles. The molecule has 0 aliphatic heterocycles. The molecule has 366 valence electrons. The monoisotopic (exact) mass is 1000 g/mol. The van der Waals surface area contributed by atoms with E-state index in [1.807, 2.05) is 141 Å². The van der Waals surface area contributed by atoms with Crippen LogP contribution in [0.4, 0.5) is 5.69 Å². The van der Waals surface area contributed by atoms with Crippen molar-refractivity contribution in [1.29, 1.82) is 0 Å². The molecular formula is C66H42N12. The van der Waals surface area contributed by atoms with Gasteiger partial charge < -0.3 is 9.13 Å². The fourth-order valence-electron chi connectivity index (χ4n) is 10.5. The SMILES string of the molecule is [C-]#[N+]c1cc(-n2c3ccccc3c3ccc(-c4nc(-c5ccccc5)nc(-c5ccccc5)n4)cc32)c(-n2c3ccccc3c3ccc(-c4nc(-c5ccccc5)nc(-c5ccccc5)n4)cc32)cc1-c1nc(C)nc(C)n1. The highest BCUT2D eigenvalue weighted by Gasteiger charge is 2.25. The summed E-state index contributed by atoms with van der Waals surface area (Å²) in [5, 5.41) is 4.11. The van der Waals surface area contributed by atoms with Crippen LogP contribution in [0, 0.1) is 20.4 Å². The maximum atomic E-state index is 8.80. The molecule has 78 heavy (non-hydrogen) atoms. The predicted octanol–water partition coefficient (Wildman–Crippen LogP) is 15.3. The van der Waals surface area contributed by atoms with Crippen LogP contribution >= 0.6 is 0 Å². The van der Waals surface area contributed by atoms with Gasteiger partial charge >= 0.3 is 0 Å². The molecule has 0 unspecified atom stereocenters. The fraction of sp³-hybridized carbons (Fsp3) is 0.0303. The first kappa shape index (κ1) is 45.7. The fourth-order valence-corrected chi connectivity index (χ4v) is 10.5. The van der Waals surface area contributed by atoms with Crippen LogP contribution in [0.1, 0.15) is 11.6 Å². The summed E-state index contributed by atoms with van der Waals surface area (Å²) in [5.74, 6) is 4.86. The Hall–Kier alpha value is -10.9. The van der Waals surface area contributed by atoms with Crippen LogP contribution in [-0.4, -0.2) is 54.0 Å². The van der Waals surface area contributed by atoms with Gasteiger partial charge in [0.15, 0.2) is 46.5 Å². The minimum atomic E-state index is 0.381. The molecule has 5 aromatic heterocycles. The highest BCUT2D eigenvalue weighted by Crippen LogP contribution is 2.44. The summed E-state index contributed by atoms with van der Waals surface area (Å²) < 4.78 is 4.55. The van der Waals surface area contributed by atoms with E-state index in [0.717, 1.165) is 88.4 Å². The molecule has 0 saturated heterocycles. The van der Waals surface area contributed by atoms with Crippen LogP contribution in [0.25, 0.3) is 140 Å². The molecule has 5 heterocycles. The van der Waals surface area contributed by atoms with Gasteiger partial charge in [0.05, 0.1) is 40.0 Å². The zero-order chi connectivity index (χ0) is 52.3. The maximum absolute atomic E-state index is 8.80. The highest BCUT2D eigenvalue weighted by atomic mass is 15.1. The Morgan fingerprint density at radius 3 is 1.01 bits per heavy atom. The Morgan fingerprint density at radius 2 is 0.628 bits per heavy atom. The second-order valence-corrected chi connectivity index (χ2v) is 19.0. The standard InChI is InChI=1S/C66H42N12/c1-40-68-41(2)70-66(69-40)52-38-58(77-54-30-18-16-28-48(54)50-34-32-46(36-56(50)77)64-73-60(42-20-8-4-9-21-42)71-61(74-64)43-22-10-5-11-23-43)59(39-53(52)67-3)78-55-31-19-17-29-49(55)51-35-33-47(37-57(51)78)65-75-62(44-24-12-6-13-25-44)72-63(76-65)45-26-14-7-15-27-45/h4-39H,1-2H3. The Kier molecular flexibility index (Phi) is 11.0. The van der Waals surface area contributed by atoms with E-state index in [1.165, 1.54) is 0 Å². The van der Waals surface area contributed by atoms with Gasteiger partial charge in [-0.1, -0.05) is 182 Å². The van der Waals surface area contributed by atoms with Crippen LogP contribution in [0.5, 0.6) is 0 Å². The smallest absolute Gasteiger partial charge is 0.200 e. The first-order chi connectivity index (χ1) is 38.4. The zero-order valence-corrected chi connectivity index (χ0v) is 42.2. The van der Waals surface area contributed by atoms with Gasteiger partial charge in [-0.25, -0.2) is 49.7 Å². The van der Waals surface area contributed by atoms with Crippen LogP contribution in [-0.2, 0) is 0 Å². The van der Waals surface area contributed by atoms with Gasteiger partial charge in [0.25, 0.3) is 0 Å². The van der Waals surface area contributed by atoms with Gasteiger partial charge in [0.1, 0.15) is 11.6 Å². The number of hydrogen-bond acceptors (Lipinski definition) is 9. The third-order valence-corrected chi connectivity index (χ3v) is 14.1. The van der Waals surface area contributed by atoms with Crippen molar-refractivity contribution in [1.82, 2.24) is 54.0 Å². The third kappa shape index (κ3) is 7.98. The van der Waals surface area contributed by atoms with Crippen molar-refractivity contribution in [3.63, 3.8) is 0 Å². The van der Waals surface area contributed by atoms with E-state index in [4.69, 9.17) is 46.4 Å². The summed E-state index contributed by atoms with van der Waals surface area (Å²) >= 11 is 0. The molecule has 0 atom stereocenters. The number of nitrogens with zero attached hydrogens (tertiary/aromatic N) is 12. The minimum Gasteiger partial charge on any atom is -0.308 e. The first-order valence-electron chi connectivity index (χ1n) is 25.5. The van der Waals surface area contributed by atoms with Crippen molar-refractivity contribution < 1.29 is 0 Å². The number of fused-ring (bicyclic) bond motifs is 6. The molecule has 0 radical (unpaired) electrons. The molecule has 0 aliphatic carbocycles. The summed E-state index contributed by atoms with van der Waals surface area (Å²) in [7, 11) is 0. The third-order valence-electron chi connectivity index (χ3n) is 14.1. The van der Waals surface area contributed by atoms with Gasteiger partial charge in [-0.05, 0) is 50.2 Å². The Bertz CT molecular complexity index is 4570. The minimum absolute atomic E-state index is 0.381. The van der Waals surface area contributed by atoms with E-state index in [9.17, 15) is 0 Å². The van der Waals surface area contributed by atoms with E-state index in [2.05, 4.69) is 110 Å². The molecule has 14 aromatic rings. The molecule has 0 N–H and O–H groups in total. The maximum Gasteiger partial charge on any atom is 0.200 e. The van der Waals surface area contributed by atoms with Crippen molar-refractivity contribution >= 4 is 49.3 Å². The lowest BCUT2D eigenvalue weighted by Gasteiger charge is -2.19. The number of benzene rings is 9. The van der Waals surface area contributed by atoms with Crippen LogP contribution in [0.3, 0.4) is 0 Å². The summed E-state index contributed by atoms with van der Waals surface area (Å²) in [4.78, 5) is 49.0. The average Bonchev–Trinajstić information content (AvgIpc) is 4.20. The van der Waals surface area contributed by atoms with Gasteiger partial charge in [-0.15, -0.1) is 0 Å². The summed E-state index contributed by atoms with van der Waals surface area (Å²) in [6, 6.07) is 73.6. The van der Waals surface area contributed by atoms with E-state index in [1.54, 1.807) is 0 Å². The van der Waals surface area contributed by atoms with Crippen molar-refractivity contribution in [2.24, 2.45) is 0 Å². The largest absolute Gasteiger partial charge is 0.308 e. The number of aryl methyl sites for hydroxylation is 2. The van der Waals surface area contributed by atoms with E-state index < -0.39 is 0 Å².